The first-order chi connectivity index (χ1) is 34.2. The number of fused-ring (bicyclic) bond motifs is 1. The van der Waals surface area contributed by atoms with Gasteiger partial charge in [0.05, 0.1) is 36.9 Å². The number of cyclic esters (lactones) is 1. The molecule has 18 nitrogen and oxygen atoms in total. The molecule has 3 saturated heterocycles. The number of hydrogen-bond donors (Lipinski definition) is 2. The van der Waals surface area contributed by atoms with Crippen LogP contribution >= 0.6 is 11.3 Å². The number of likely N-dealkylation sites (N-methyl/N-ethyl adjacent to an activating group) is 2. The number of thiophene rings is 1. The van der Waals surface area contributed by atoms with Gasteiger partial charge in [0.15, 0.2) is 24.3 Å². The zero-order chi connectivity index (χ0) is 52.9. The van der Waals surface area contributed by atoms with Crippen molar-refractivity contribution < 1.29 is 76.8 Å². The van der Waals surface area contributed by atoms with Gasteiger partial charge in [0.2, 0.25) is 0 Å². The number of rotatable bonds is 16. The second-order valence-electron chi connectivity index (χ2n) is 20.1. The molecular weight excluding hydrogens is 953 g/mol. The van der Waals surface area contributed by atoms with Crippen LogP contribution in [0.2, 0.25) is 0 Å². The summed E-state index contributed by atoms with van der Waals surface area (Å²) in [6.45, 7) is 12.5. The number of esters is 4. The molecule has 404 valence electrons. The summed E-state index contributed by atoms with van der Waals surface area (Å²) in [7, 11) is 6.82. The molecule has 1 aromatic carbocycles. The van der Waals surface area contributed by atoms with Crippen LogP contribution in [0.4, 0.5) is 0 Å². The lowest BCUT2D eigenvalue weighted by molar-refractivity contribution is -0.344. The molecule has 2 N–H and O–H groups in total. The Morgan fingerprint density at radius 3 is 2.35 bits per heavy atom. The van der Waals surface area contributed by atoms with Crippen LogP contribution in [0.15, 0.2) is 35.7 Å². The fourth-order valence-electron chi connectivity index (χ4n) is 10.3. The molecule has 0 amide bonds. The third-order valence-electron chi connectivity index (χ3n) is 14.0. The summed E-state index contributed by atoms with van der Waals surface area (Å²) in [5, 5.41) is 27.2. The first-order valence-corrected chi connectivity index (χ1v) is 26.3. The minimum absolute atomic E-state index is 0.0192. The Morgan fingerprint density at radius 2 is 1.68 bits per heavy atom. The maximum atomic E-state index is 14.2. The van der Waals surface area contributed by atoms with Gasteiger partial charge in [-0.05, 0) is 102 Å². The van der Waals surface area contributed by atoms with E-state index in [0.717, 1.165) is 17.2 Å². The van der Waals surface area contributed by atoms with Crippen molar-refractivity contribution in [2.45, 2.75) is 192 Å². The van der Waals surface area contributed by atoms with Crippen LogP contribution in [0.25, 0.3) is 16.2 Å². The normalized spacial score (nSPS) is 34.9. The number of ether oxygens (including phenoxy) is 9. The highest BCUT2D eigenvalue weighted by Gasteiger charge is 2.54. The third-order valence-corrected chi connectivity index (χ3v) is 15.0. The molecule has 5 unspecified atom stereocenters. The topological polar surface area (TPSA) is 215 Å². The minimum atomic E-state index is -1.44. The zero-order valence-corrected chi connectivity index (χ0v) is 44.8. The molecule has 19 heteroatoms. The predicted octanol–water partition coefficient (Wildman–Crippen LogP) is 5.85. The maximum absolute atomic E-state index is 14.2. The molecule has 0 radical (unpaired) electrons. The van der Waals surface area contributed by atoms with Crippen molar-refractivity contribution in [1.82, 2.24) is 9.80 Å². The number of carbonyl (C=O) groups is 5. The monoisotopic (exact) mass is 1030 g/mol. The van der Waals surface area contributed by atoms with E-state index in [1.807, 2.05) is 43.2 Å². The van der Waals surface area contributed by atoms with Crippen molar-refractivity contribution in [3.63, 3.8) is 0 Å². The molecule has 3 aliphatic rings. The number of nitrogens with zero attached hydrogens (tertiary/aromatic N) is 2. The highest BCUT2D eigenvalue weighted by molar-refractivity contribution is 7.17. The number of aliphatic hydroxyl groups excluding tert-OH is 2. The smallest absolute Gasteiger partial charge is 0.309 e. The molecule has 4 heterocycles. The maximum Gasteiger partial charge on any atom is 0.309 e. The van der Waals surface area contributed by atoms with Crippen molar-refractivity contribution in [2.24, 2.45) is 11.8 Å². The van der Waals surface area contributed by atoms with Gasteiger partial charge in [-0.2, -0.15) is 0 Å². The van der Waals surface area contributed by atoms with Gasteiger partial charge in [-0.25, -0.2) is 0 Å². The van der Waals surface area contributed by atoms with Gasteiger partial charge in [0.25, 0.3) is 0 Å². The fourth-order valence-corrected chi connectivity index (χ4v) is 11.3. The van der Waals surface area contributed by atoms with Crippen LogP contribution in [-0.4, -0.2) is 177 Å². The number of β-amino-alcohol motifs (C(OH)–C–C–N with tert-alkyl or cyclic N) is 1. The highest BCUT2D eigenvalue weighted by atomic mass is 32.1. The first-order valence-electron chi connectivity index (χ1n) is 25.4. The van der Waals surface area contributed by atoms with Crippen molar-refractivity contribution in [1.29, 1.82) is 0 Å². The Kier molecular flexibility index (Phi) is 22.6. The quantitative estimate of drug-likeness (QED) is 0.115. The molecule has 3 aliphatic heterocycles. The summed E-state index contributed by atoms with van der Waals surface area (Å²) in [5.41, 5.74) is -0.266. The predicted molar refractivity (Wildman–Crippen MR) is 268 cm³/mol. The molecule has 3 fully saturated rings. The van der Waals surface area contributed by atoms with Gasteiger partial charge in [0.1, 0.15) is 36.8 Å². The Morgan fingerprint density at radius 1 is 0.972 bits per heavy atom. The van der Waals surface area contributed by atoms with E-state index >= 15 is 0 Å². The molecule has 0 aliphatic carbocycles. The number of aliphatic hydroxyl groups is 2. The van der Waals surface area contributed by atoms with Gasteiger partial charge in [-0.3, -0.25) is 19.2 Å². The van der Waals surface area contributed by atoms with Crippen molar-refractivity contribution >= 4 is 57.7 Å². The standard InChI is InChI=1S/C53H80N2O16S/c1-12-42(59)67-40-27-44(61)66-37(19-16-18-36-30-72-41-22-15-14-21-38(36)41)20-17-24-55(10)29-39(58)31(3)26-35(23-25-56)49(50(40)63-11)70-52-47(62)46(54(8)9)48(32(4)65-52)69-45-28-53(7,71-34(6)57)51(33(5)64-45)68-43(60)13-2/h14-16,18,21-22,25,30-33,35,37,39-40,45-52,58,62H,12-13,17,19-20,23-24,26-29H2,1-11H3/b18-16+/t31-,32?,33?,35+,37+,39+,40-,45+,46?,47?,48+,49+,50+,51+,52+,53?/m1/s1. The summed E-state index contributed by atoms with van der Waals surface area (Å²) in [4.78, 5) is 68.7. The third kappa shape index (κ3) is 15.8. The van der Waals surface area contributed by atoms with E-state index < -0.39 is 121 Å². The van der Waals surface area contributed by atoms with Crippen molar-refractivity contribution in [3.8, 4) is 0 Å². The molecule has 5 rings (SSSR count). The minimum Gasteiger partial charge on any atom is -0.462 e. The molecule has 72 heavy (non-hydrogen) atoms. The van der Waals surface area contributed by atoms with E-state index in [0.29, 0.717) is 32.4 Å². The van der Waals surface area contributed by atoms with Crippen molar-refractivity contribution in [3.05, 3.63) is 41.3 Å². The lowest BCUT2D eigenvalue weighted by Gasteiger charge is -2.50. The van der Waals surface area contributed by atoms with E-state index in [1.54, 1.807) is 65.0 Å². The summed E-state index contributed by atoms with van der Waals surface area (Å²) in [6.07, 6.45) is -6.08. The van der Waals surface area contributed by atoms with Gasteiger partial charge >= 0.3 is 23.9 Å². The second kappa shape index (κ2) is 27.6. The summed E-state index contributed by atoms with van der Waals surface area (Å²) < 4.78 is 57.3. The van der Waals surface area contributed by atoms with Crippen LogP contribution in [0.3, 0.4) is 0 Å². The lowest BCUT2D eigenvalue weighted by atomic mass is 9.82. The number of carbonyl (C=O) groups excluding carboxylic acids is 5. The van der Waals surface area contributed by atoms with Gasteiger partial charge < -0.3 is 67.4 Å². The highest BCUT2D eigenvalue weighted by Crippen LogP contribution is 2.39. The Hall–Kier alpha value is -3.89. The van der Waals surface area contributed by atoms with E-state index in [-0.39, 0.29) is 38.0 Å². The number of benzene rings is 1. The average molecular weight is 1030 g/mol. The fraction of sp³-hybridized carbons (Fsp3) is 0.717. The zero-order valence-electron chi connectivity index (χ0n) is 44.0. The Bertz CT molecular complexity index is 2100. The lowest BCUT2D eigenvalue weighted by Crippen LogP contribution is -2.66. The van der Waals surface area contributed by atoms with Gasteiger partial charge in [-0.1, -0.05) is 51.1 Å². The van der Waals surface area contributed by atoms with Gasteiger partial charge in [0, 0.05) is 57.4 Å². The number of aldehydes is 1. The Labute approximate surface area is 428 Å². The molecule has 0 spiro atoms. The van der Waals surface area contributed by atoms with Crippen LogP contribution < -0.4 is 0 Å². The van der Waals surface area contributed by atoms with E-state index in [9.17, 15) is 34.2 Å². The van der Waals surface area contributed by atoms with Crippen LogP contribution in [0.1, 0.15) is 112 Å². The molecular formula is C53H80N2O16S. The van der Waals surface area contributed by atoms with Crippen LogP contribution in [0.5, 0.6) is 0 Å². The summed E-state index contributed by atoms with van der Waals surface area (Å²) >= 11 is 1.65. The number of methoxy groups -OCH3 is 1. The summed E-state index contributed by atoms with van der Waals surface area (Å²) in [6, 6.07) is 7.32. The average Bonchev–Trinajstić information content (AvgIpc) is 3.73. The molecule has 0 saturated carbocycles. The SMILES string of the molecule is CCC(=O)O[C@@H]1CC(=O)O[C@@H](C/C=C/c2csc3ccccc23)CCCN(C)C[C@H](O)[C@H](C)C[C@H](CC=O)[C@H](O[C@@H]2OC(C)[C@H](O[C@H]3CC(C)(OC(C)=O)[C@@H](OC(=O)CC)C(C)O3)C(N(C)C)C2O)[C@H]1OC. The van der Waals surface area contributed by atoms with E-state index in [2.05, 4.69) is 17.5 Å². The molecule has 1 aromatic heterocycles. The van der Waals surface area contributed by atoms with Crippen LogP contribution in [0, 0.1) is 11.8 Å². The van der Waals surface area contributed by atoms with Gasteiger partial charge in [-0.15, -0.1) is 11.3 Å². The molecule has 2 aromatic rings. The second-order valence-corrected chi connectivity index (χ2v) is 21.0. The largest absolute Gasteiger partial charge is 0.462 e. The van der Waals surface area contributed by atoms with E-state index in [1.165, 1.54) is 18.7 Å². The van der Waals surface area contributed by atoms with Crippen molar-refractivity contribution in [2.75, 3.05) is 41.3 Å². The van der Waals surface area contributed by atoms with E-state index in [4.69, 9.17) is 42.6 Å². The Balaban J connectivity index is 1.46. The first kappa shape index (κ1) is 59.0. The molecule has 0 bridgehead atoms. The number of hydrogen-bond acceptors (Lipinski definition) is 19. The summed E-state index contributed by atoms with van der Waals surface area (Å²) in [5.74, 6) is -3.42. The molecule has 16 atom stereocenters. The van der Waals surface area contributed by atoms with Crippen LogP contribution in [-0.2, 0) is 66.6 Å².